The predicted molar refractivity (Wildman–Crippen MR) is 124 cm³/mol. The van der Waals surface area contributed by atoms with Gasteiger partial charge in [-0.15, -0.1) is 0 Å². The van der Waals surface area contributed by atoms with Crippen molar-refractivity contribution in [3.8, 4) is 11.1 Å². The van der Waals surface area contributed by atoms with E-state index in [4.69, 9.17) is 4.74 Å². The minimum Gasteiger partial charge on any atom is -0.479 e. The molecule has 2 aromatic rings. The molecule has 4 rings (SSSR count). The number of carbonyl (C=O) groups excluding carboxylic acids is 2. The van der Waals surface area contributed by atoms with E-state index < -0.39 is 23.1 Å². The molecular weight excluding hydrogens is 420 g/mol. The molecule has 0 unspecified atom stereocenters. The van der Waals surface area contributed by atoms with Crippen molar-refractivity contribution in [2.24, 2.45) is 0 Å². The summed E-state index contributed by atoms with van der Waals surface area (Å²) in [6.07, 6.45) is 1.05. The maximum absolute atomic E-state index is 12.8. The number of amides is 2. The molecule has 2 amide bonds. The molecule has 2 aromatic carbocycles. The summed E-state index contributed by atoms with van der Waals surface area (Å²) in [5.74, 6) is -1.35. The molecule has 0 bridgehead atoms. The van der Waals surface area contributed by atoms with Crippen molar-refractivity contribution in [3.05, 3.63) is 59.7 Å². The van der Waals surface area contributed by atoms with Gasteiger partial charge in [-0.1, -0.05) is 48.5 Å². The van der Waals surface area contributed by atoms with E-state index >= 15 is 0 Å². The SMILES string of the molecule is CN(C(=O)CC(C)(C)NC(=O)OCC1c2ccccc2-c2ccccc21)C1(C(=O)O)CCC1. The van der Waals surface area contributed by atoms with Crippen LogP contribution < -0.4 is 5.32 Å². The van der Waals surface area contributed by atoms with Crippen LogP contribution in [0.1, 0.15) is 56.6 Å². The molecule has 7 nitrogen and oxygen atoms in total. The quantitative estimate of drug-likeness (QED) is 0.660. The normalized spacial score (nSPS) is 16.2. The first kappa shape index (κ1) is 22.8. The van der Waals surface area contributed by atoms with Crippen LogP contribution in [0.15, 0.2) is 48.5 Å². The van der Waals surface area contributed by atoms with Gasteiger partial charge in [0.25, 0.3) is 0 Å². The van der Waals surface area contributed by atoms with Gasteiger partial charge in [0, 0.05) is 24.9 Å². The van der Waals surface area contributed by atoms with Gasteiger partial charge in [-0.25, -0.2) is 9.59 Å². The van der Waals surface area contributed by atoms with Gasteiger partial charge < -0.3 is 20.1 Å². The summed E-state index contributed by atoms with van der Waals surface area (Å²) in [5, 5.41) is 12.4. The standard InChI is InChI=1S/C26H30N2O5/c1-25(2,15-22(29)28(3)26(23(30)31)13-8-14-26)27-24(32)33-16-21-19-11-6-4-9-17(19)18-10-5-7-12-20(18)21/h4-7,9-12,21H,8,13-16H2,1-3H3,(H,27,32)(H,30,31). The summed E-state index contributed by atoms with van der Waals surface area (Å²) >= 11 is 0. The zero-order valence-corrected chi connectivity index (χ0v) is 19.3. The van der Waals surface area contributed by atoms with Crippen LogP contribution in [-0.2, 0) is 14.3 Å². The Balaban J connectivity index is 1.37. The molecule has 0 radical (unpaired) electrons. The molecule has 2 aliphatic rings. The summed E-state index contributed by atoms with van der Waals surface area (Å²) in [6.45, 7) is 3.65. The second-order valence-corrected chi connectivity index (χ2v) is 9.65. The van der Waals surface area contributed by atoms with Crippen LogP contribution >= 0.6 is 0 Å². The fourth-order valence-corrected chi connectivity index (χ4v) is 4.89. The van der Waals surface area contributed by atoms with E-state index in [1.165, 1.54) is 11.9 Å². The molecule has 0 aliphatic heterocycles. The number of aliphatic carboxylic acids is 1. The number of nitrogens with zero attached hydrogens (tertiary/aromatic N) is 1. The molecule has 2 aliphatic carbocycles. The number of hydrogen-bond donors (Lipinski definition) is 2. The van der Waals surface area contributed by atoms with Gasteiger partial charge in [-0.05, 0) is 55.4 Å². The summed E-state index contributed by atoms with van der Waals surface area (Å²) in [7, 11) is 1.53. The summed E-state index contributed by atoms with van der Waals surface area (Å²) in [4.78, 5) is 38.4. The Morgan fingerprint density at radius 2 is 1.61 bits per heavy atom. The average Bonchev–Trinajstić information content (AvgIpc) is 3.04. The highest BCUT2D eigenvalue weighted by Gasteiger charge is 2.50. The van der Waals surface area contributed by atoms with Gasteiger partial charge in [0.05, 0.1) is 0 Å². The Morgan fingerprint density at radius 1 is 1.06 bits per heavy atom. The number of hydrogen-bond acceptors (Lipinski definition) is 4. The molecule has 2 N–H and O–H groups in total. The van der Waals surface area contributed by atoms with Crippen molar-refractivity contribution in [1.82, 2.24) is 10.2 Å². The fraction of sp³-hybridized carbons (Fsp3) is 0.423. The molecule has 0 heterocycles. The number of likely N-dealkylation sites (N-methyl/N-ethyl adjacent to an activating group) is 1. The van der Waals surface area contributed by atoms with E-state index in [2.05, 4.69) is 29.6 Å². The molecule has 174 valence electrons. The first-order valence-corrected chi connectivity index (χ1v) is 11.3. The van der Waals surface area contributed by atoms with Gasteiger partial charge >= 0.3 is 12.1 Å². The molecule has 33 heavy (non-hydrogen) atoms. The highest BCUT2D eigenvalue weighted by atomic mass is 16.5. The third-order valence-electron chi connectivity index (χ3n) is 6.97. The Kier molecular flexibility index (Phi) is 5.91. The van der Waals surface area contributed by atoms with Crippen LogP contribution in [0.5, 0.6) is 0 Å². The lowest BCUT2D eigenvalue weighted by atomic mass is 9.75. The lowest BCUT2D eigenvalue weighted by molar-refractivity contribution is -0.164. The summed E-state index contributed by atoms with van der Waals surface area (Å²) in [6, 6.07) is 16.2. The monoisotopic (exact) mass is 450 g/mol. The average molecular weight is 451 g/mol. The van der Waals surface area contributed by atoms with Gasteiger partial charge in [0.1, 0.15) is 12.1 Å². The molecule has 7 heteroatoms. The number of benzene rings is 2. The summed E-state index contributed by atoms with van der Waals surface area (Å²) in [5.41, 5.74) is 2.54. The zero-order valence-electron chi connectivity index (χ0n) is 19.3. The fourth-order valence-electron chi connectivity index (χ4n) is 4.89. The molecule has 1 saturated carbocycles. The van der Waals surface area contributed by atoms with E-state index in [0.717, 1.165) is 28.7 Å². The molecule has 0 saturated heterocycles. The van der Waals surface area contributed by atoms with Crippen LogP contribution in [0.4, 0.5) is 4.79 Å². The third kappa shape index (κ3) is 4.19. The Labute approximate surface area is 193 Å². The lowest BCUT2D eigenvalue weighted by Crippen LogP contribution is -2.61. The van der Waals surface area contributed by atoms with Gasteiger partial charge in [0.2, 0.25) is 5.91 Å². The maximum Gasteiger partial charge on any atom is 0.407 e. The second kappa shape index (κ2) is 8.54. The van der Waals surface area contributed by atoms with Gasteiger partial charge in [-0.3, -0.25) is 4.79 Å². The smallest absolute Gasteiger partial charge is 0.407 e. The number of carboxylic acid groups (broad SMARTS) is 1. The number of carboxylic acids is 1. The summed E-state index contributed by atoms with van der Waals surface area (Å²) < 4.78 is 5.59. The molecule has 1 fully saturated rings. The Bertz CT molecular complexity index is 1040. The lowest BCUT2D eigenvalue weighted by Gasteiger charge is -2.45. The van der Waals surface area contributed by atoms with Crippen molar-refractivity contribution in [3.63, 3.8) is 0 Å². The first-order chi connectivity index (χ1) is 15.6. The van der Waals surface area contributed by atoms with E-state index in [-0.39, 0.29) is 24.9 Å². The topological polar surface area (TPSA) is 95.9 Å². The van der Waals surface area contributed by atoms with Crippen LogP contribution in [0.2, 0.25) is 0 Å². The highest BCUT2D eigenvalue weighted by molar-refractivity contribution is 5.88. The predicted octanol–water partition coefficient (Wildman–Crippen LogP) is 4.16. The van der Waals surface area contributed by atoms with Crippen LogP contribution in [0.3, 0.4) is 0 Å². The molecule has 0 aromatic heterocycles. The van der Waals surface area contributed by atoms with E-state index in [0.29, 0.717) is 12.8 Å². The number of alkyl carbamates (subject to hydrolysis) is 1. The zero-order chi connectivity index (χ0) is 23.8. The van der Waals surface area contributed by atoms with E-state index in [1.54, 1.807) is 13.8 Å². The minimum atomic E-state index is -1.13. The molecule has 0 spiro atoms. The second-order valence-electron chi connectivity index (χ2n) is 9.65. The van der Waals surface area contributed by atoms with Crippen LogP contribution in [-0.4, -0.2) is 52.7 Å². The number of nitrogens with one attached hydrogen (secondary N) is 1. The number of rotatable bonds is 7. The van der Waals surface area contributed by atoms with Crippen molar-refractivity contribution >= 4 is 18.0 Å². The van der Waals surface area contributed by atoms with E-state index in [9.17, 15) is 19.5 Å². The van der Waals surface area contributed by atoms with E-state index in [1.807, 2.05) is 24.3 Å². The number of ether oxygens (including phenoxy) is 1. The van der Waals surface area contributed by atoms with Gasteiger partial charge in [-0.2, -0.15) is 0 Å². The molecular formula is C26H30N2O5. The largest absolute Gasteiger partial charge is 0.479 e. The van der Waals surface area contributed by atoms with Crippen molar-refractivity contribution in [2.45, 2.75) is 56.5 Å². The highest BCUT2D eigenvalue weighted by Crippen LogP contribution is 2.44. The van der Waals surface area contributed by atoms with Crippen molar-refractivity contribution in [1.29, 1.82) is 0 Å². The Hall–Kier alpha value is -3.35. The molecule has 0 atom stereocenters. The van der Waals surface area contributed by atoms with Crippen LogP contribution in [0.25, 0.3) is 11.1 Å². The maximum atomic E-state index is 12.8. The van der Waals surface area contributed by atoms with Crippen LogP contribution in [0, 0.1) is 0 Å². The first-order valence-electron chi connectivity index (χ1n) is 11.3. The van der Waals surface area contributed by atoms with Crippen molar-refractivity contribution < 1.29 is 24.2 Å². The number of carbonyl (C=O) groups is 3. The van der Waals surface area contributed by atoms with Crippen molar-refractivity contribution in [2.75, 3.05) is 13.7 Å². The number of fused-ring (bicyclic) bond motifs is 3. The van der Waals surface area contributed by atoms with Gasteiger partial charge in [0.15, 0.2) is 0 Å². The minimum absolute atomic E-state index is 0.0251. The third-order valence-corrected chi connectivity index (χ3v) is 6.97. The Morgan fingerprint density at radius 3 is 2.09 bits per heavy atom.